The van der Waals surface area contributed by atoms with Gasteiger partial charge in [0, 0.05) is 36.2 Å². The summed E-state index contributed by atoms with van der Waals surface area (Å²) in [5, 5.41) is 11.8. The molecule has 21 heavy (non-hydrogen) atoms. The van der Waals surface area contributed by atoms with E-state index in [1.807, 2.05) is 22.2 Å². The van der Waals surface area contributed by atoms with Crippen LogP contribution in [0.5, 0.6) is 0 Å². The number of nitrogens with two attached hydrogens (primary N) is 1. The lowest BCUT2D eigenvalue weighted by molar-refractivity contribution is 0.195. The highest BCUT2D eigenvalue weighted by Crippen LogP contribution is 2.28. The van der Waals surface area contributed by atoms with Crippen molar-refractivity contribution in [3.63, 3.8) is 0 Å². The van der Waals surface area contributed by atoms with Crippen molar-refractivity contribution in [2.24, 2.45) is 5.73 Å². The van der Waals surface area contributed by atoms with Crippen LogP contribution in [0.4, 0.5) is 4.39 Å². The second-order valence-corrected chi connectivity index (χ2v) is 6.03. The zero-order valence-electron chi connectivity index (χ0n) is 11.4. The molecular formula is C15H16FN3OS. The van der Waals surface area contributed by atoms with Crippen LogP contribution < -0.4 is 5.73 Å². The van der Waals surface area contributed by atoms with Crippen LogP contribution in [0.15, 0.2) is 42.0 Å². The Morgan fingerprint density at radius 1 is 1.43 bits per heavy atom. The minimum absolute atomic E-state index is 0.155. The fourth-order valence-electron chi connectivity index (χ4n) is 2.53. The third-order valence-corrected chi connectivity index (χ3v) is 4.56. The van der Waals surface area contributed by atoms with Crippen molar-refractivity contribution in [2.75, 3.05) is 13.2 Å². The van der Waals surface area contributed by atoms with Gasteiger partial charge in [-0.2, -0.15) is 0 Å². The third kappa shape index (κ3) is 2.57. The maximum atomic E-state index is 13.5. The summed E-state index contributed by atoms with van der Waals surface area (Å²) in [4.78, 5) is 5.42. The van der Waals surface area contributed by atoms with E-state index < -0.39 is 5.41 Å². The van der Waals surface area contributed by atoms with Crippen molar-refractivity contribution < 1.29 is 9.50 Å². The first-order valence-corrected chi connectivity index (χ1v) is 7.53. The minimum Gasteiger partial charge on any atom is -0.395 e. The molecule has 0 aliphatic rings. The number of aliphatic hydroxyl groups excluding tert-OH is 1. The highest BCUT2D eigenvalue weighted by Gasteiger charge is 2.32. The molecule has 0 saturated carbocycles. The minimum atomic E-state index is -0.716. The fraction of sp³-hybridized carbons (Fsp3) is 0.267. The molecule has 1 atom stereocenters. The van der Waals surface area contributed by atoms with Crippen LogP contribution in [0.1, 0.15) is 11.3 Å². The van der Waals surface area contributed by atoms with Gasteiger partial charge in [-0.25, -0.2) is 9.37 Å². The topological polar surface area (TPSA) is 63.5 Å². The first-order valence-electron chi connectivity index (χ1n) is 6.65. The Morgan fingerprint density at radius 2 is 2.29 bits per heavy atom. The highest BCUT2D eigenvalue weighted by molar-refractivity contribution is 7.15. The summed E-state index contributed by atoms with van der Waals surface area (Å²) in [7, 11) is 0. The van der Waals surface area contributed by atoms with Gasteiger partial charge in [-0.1, -0.05) is 12.1 Å². The molecule has 0 radical (unpaired) electrons. The molecule has 2 heterocycles. The van der Waals surface area contributed by atoms with Crippen molar-refractivity contribution in [3.8, 4) is 0 Å². The van der Waals surface area contributed by atoms with Gasteiger partial charge in [-0.15, -0.1) is 11.3 Å². The maximum absolute atomic E-state index is 13.5. The molecule has 3 aromatic rings. The largest absolute Gasteiger partial charge is 0.395 e. The molecule has 1 unspecified atom stereocenters. The molecule has 4 nitrogen and oxygen atoms in total. The average molecular weight is 305 g/mol. The number of thiazole rings is 1. The first kappa shape index (κ1) is 14.2. The molecule has 0 aliphatic carbocycles. The number of hydrogen-bond acceptors (Lipinski definition) is 4. The maximum Gasteiger partial charge on any atom is 0.193 e. The number of nitrogens with zero attached hydrogens (tertiary/aromatic N) is 2. The Hall–Kier alpha value is -1.76. The Bertz CT molecular complexity index is 720. The molecule has 0 bridgehead atoms. The van der Waals surface area contributed by atoms with Crippen LogP contribution in [0.2, 0.25) is 0 Å². The molecule has 3 rings (SSSR count). The van der Waals surface area contributed by atoms with Crippen molar-refractivity contribution >= 4 is 16.3 Å². The van der Waals surface area contributed by atoms with Crippen LogP contribution in [-0.4, -0.2) is 27.6 Å². The number of halogens is 1. The predicted octanol–water partition coefficient (Wildman–Crippen LogP) is 1.97. The van der Waals surface area contributed by atoms with E-state index in [4.69, 9.17) is 5.73 Å². The van der Waals surface area contributed by atoms with Gasteiger partial charge in [0.2, 0.25) is 0 Å². The van der Waals surface area contributed by atoms with E-state index in [-0.39, 0.29) is 19.0 Å². The summed E-state index contributed by atoms with van der Waals surface area (Å²) in [5.41, 5.74) is 6.72. The lowest BCUT2D eigenvalue weighted by atomic mass is 9.77. The van der Waals surface area contributed by atoms with Crippen LogP contribution in [0.25, 0.3) is 4.96 Å². The summed E-state index contributed by atoms with van der Waals surface area (Å²) in [6.45, 7) is 0.0657. The highest BCUT2D eigenvalue weighted by atomic mass is 32.1. The molecule has 0 saturated heterocycles. The number of aromatic nitrogens is 2. The number of benzene rings is 1. The van der Waals surface area contributed by atoms with Gasteiger partial charge in [-0.05, 0) is 17.7 Å². The molecule has 2 aromatic heterocycles. The molecule has 0 amide bonds. The summed E-state index contributed by atoms with van der Waals surface area (Å²) in [6, 6.07) is 6.25. The third-order valence-electron chi connectivity index (χ3n) is 3.79. The lowest BCUT2D eigenvalue weighted by Crippen LogP contribution is -2.41. The average Bonchev–Trinajstić information content (AvgIpc) is 3.06. The number of hydrogen-bond donors (Lipinski definition) is 2. The molecule has 0 aliphatic heterocycles. The first-order chi connectivity index (χ1) is 10.2. The second-order valence-electron chi connectivity index (χ2n) is 5.15. The van der Waals surface area contributed by atoms with E-state index in [1.54, 1.807) is 23.5 Å². The Kier molecular flexibility index (Phi) is 3.75. The number of aliphatic hydroxyl groups is 1. The number of rotatable bonds is 5. The summed E-state index contributed by atoms with van der Waals surface area (Å²) in [6.07, 6.45) is 4.32. The number of imidazole rings is 1. The van der Waals surface area contributed by atoms with Crippen molar-refractivity contribution in [1.82, 2.24) is 9.38 Å². The smallest absolute Gasteiger partial charge is 0.193 e. The van der Waals surface area contributed by atoms with Crippen molar-refractivity contribution in [2.45, 2.75) is 11.8 Å². The summed E-state index contributed by atoms with van der Waals surface area (Å²) < 4.78 is 15.4. The van der Waals surface area contributed by atoms with Gasteiger partial charge < -0.3 is 10.8 Å². The van der Waals surface area contributed by atoms with Gasteiger partial charge in [0.25, 0.3) is 0 Å². The van der Waals surface area contributed by atoms with Crippen LogP contribution in [-0.2, 0) is 11.8 Å². The molecule has 6 heteroatoms. The van der Waals surface area contributed by atoms with E-state index in [1.165, 1.54) is 12.1 Å². The lowest BCUT2D eigenvalue weighted by Gasteiger charge is -2.30. The molecule has 0 fully saturated rings. The predicted molar refractivity (Wildman–Crippen MR) is 81.0 cm³/mol. The SMILES string of the molecule is NCC(CO)(Cc1cn2ccsc2n1)c1cccc(F)c1. The Morgan fingerprint density at radius 3 is 2.95 bits per heavy atom. The van der Waals surface area contributed by atoms with Crippen molar-refractivity contribution in [1.29, 1.82) is 0 Å². The van der Waals surface area contributed by atoms with Crippen LogP contribution in [0, 0.1) is 5.82 Å². The second kappa shape index (κ2) is 5.55. The van der Waals surface area contributed by atoms with E-state index in [0.717, 1.165) is 10.7 Å². The molecule has 0 spiro atoms. The molecular weight excluding hydrogens is 289 g/mol. The van der Waals surface area contributed by atoms with Crippen LogP contribution >= 0.6 is 11.3 Å². The molecule has 1 aromatic carbocycles. The zero-order chi connectivity index (χ0) is 14.9. The molecule has 110 valence electrons. The van der Waals surface area contributed by atoms with E-state index in [2.05, 4.69) is 4.98 Å². The molecule has 3 N–H and O–H groups in total. The van der Waals surface area contributed by atoms with Crippen LogP contribution in [0.3, 0.4) is 0 Å². The quantitative estimate of drug-likeness (QED) is 0.757. The Labute approximate surface area is 125 Å². The monoisotopic (exact) mass is 305 g/mol. The summed E-state index contributed by atoms with van der Waals surface area (Å²) >= 11 is 1.55. The van der Waals surface area contributed by atoms with Crippen molar-refractivity contribution in [3.05, 3.63) is 59.1 Å². The van der Waals surface area contributed by atoms with Gasteiger partial charge in [0.05, 0.1) is 12.3 Å². The van der Waals surface area contributed by atoms with Gasteiger partial charge >= 0.3 is 0 Å². The van der Waals surface area contributed by atoms with E-state index in [9.17, 15) is 9.50 Å². The zero-order valence-corrected chi connectivity index (χ0v) is 12.2. The summed E-state index contributed by atoms with van der Waals surface area (Å²) in [5.74, 6) is -0.329. The van der Waals surface area contributed by atoms with Gasteiger partial charge in [-0.3, -0.25) is 4.40 Å². The Balaban J connectivity index is 1.98. The fourth-order valence-corrected chi connectivity index (χ4v) is 3.25. The standard InChI is InChI=1S/C15H16FN3OS/c16-12-3-1-2-11(6-12)15(9-17,10-20)7-13-8-19-4-5-21-14(19)18-13/h1-6,8,20H,7,9-10,17H2. The van der Waals surface area contributed by atoms with Gasteiger partial charge in [0.1, 0.15) is 5.82 Å². The van der Waals surface area contributed by atoms with E-state index in [0.29, 0.717) is 12.0 Å². The number of fused-ring (bicyclic) bond motifs is 1. The normalized spacial score (nSPS) is 14.4. The van der Waals surface area contributed by atoms with Gasteiger partial charge in [0.15, 0.2) is 4.96 Å². The van der Waals surface area contributed by atoms with E-state index >= 15 is 0 Å².